The van der Waals surface area contributed by atoms with E-state index in [1.807, 2.05) is 13.8 Å². The largest absolute Gasteiger partial charge is 0.478 e. The molecule has 1 aromatic rings. The summed E-state index contributed by atoms with van der Waals surface area (Å²) in [6, 6.07) is 3.23. The van der Waals surface area contributed by atoms with Gasteiger partial charge in [-0.3, -0.25) is 0 Å². The Bertz CT molecular complexity index is 661. The summed E-state index contributed by atoms with van der Waals surface area (Å²) in [6.07, 6.45) is 14.3. The fourth-order valence-electron chi connectivity index (χ4n) is 4.17. The Labute approximate surface area is 183 Å². The van der Waals surface area contributed by atoms with E-state index in [2.05, 4.69) is 13.8 Å². The predicted octanol–water partition coefficient (Wildman–Crippen LogP) is 7.70. The third kappa shape index (κ3) is 9.32. The quantitative estimate of drug-likeness (QED) is 0.270. The smallest absolute Gasteiger partial charge is 0.336 e. The standard InChI is InChI=1S/C26H42O4/c1-19(2)15-13-11-9-7-5-6-8-10-12-14-16-22-21(20(3)4)17-18-23(25(27)28)24(22)26(29)30/h17-20H,5-16H2,1-4H3,(H,27,28)(H,29,30). The Balaban J connectivity index is 2.41. The lowest BCUT2D eigenvalue weighted by Gasteiger charge is -2.17. The van der Waals surface area contributed by atoms with E-state index in [1.165, 1.54) is 57.4 Å². The molecule has 0 aromatic heterocycles. The van der Waals surface area contributed by atoms with E-state index in [1.54, 1.807) is 6.07 Å². The van der Waals surface area contributed by atoms with Crippen molar-refractivity contribution in [3.63, 3.8) is 0 Å². The minimum Gasteiger partial charge on any atom is -0.478 e. The van der Waals surface area contributed by atoms with Crippen LogP contribution < -0.4 is 0 Å². The Morgan fingerprint density at radius 2 is 1.23 bits per heavy atom. The van der Waals surface area contributed by atoms with E-state index in [4.69, 9.17) is 0 Å². The van der Waals surface area contributed by atoms with Crippen LogP contribution in [-0.2, 0) is 6.42 Å². The first kappa shape index (κ1) is 26.2. The number of benzene rings is 1. The van der Waals surface area contributed by atoms with Gasteiger partial charge in [0.15, 0.2) is 0 Å². The summed E-state index contributed by atoms with van der Waals surface area (Å²) in [5.74, 6) is -1.33. The second kappa shape index (κ2) is 14.2. The van der Waals surface area contributed by atoms with Gasteiger partial charge in [0.05, 0.1) is 11.1 Å². The molecule has 0 aliphatic heterocycles. The first-order valence-electron chi connectivity index (χ1n) is 11.9. The van der Waals surface area contributed by atoms with Crippen molar-refractivity contribution in [2.45, 2.75) is 111 Å². The van der Waals surface area contributed by atoms with Crippen LogP contribution in [0.15, 0.2) is 12.1 Å². The third-order valence-electron chi connectivity index (χ3n) is 5.87. The number of unbranched alkanes of at least 4 members (excludes halogenated alkanes) is 9. The predicted molar refractivity (Wildman–Crippen MR) is 124 cm³/mol. The number of hydrogen-bond acceptors (Lipinski definition) is 2. The maximum absolute atomic E-state index is 11.8. The summed E-state index contributed by atoms with van der Waals surface area (Å²) < 4.78 is 0. The fourth-order valence-corrected chi connectivity index (χ4v) is 4.17. The van der Waals surface area contributed by atoms with Gasteiger partial charge >= 0.3 is 11.9 Å². The molecule has 0 aliphatic carbocycles. The van der Waals surface area contributed by atoms with Crippen LogP contribution in [0.3, 0.4) is 0 Å². The molecule has 0 unspecified atom stereocenters. The molecule has 0 saturated heterocycles. The minimum atomic E-state index is -1.17. The topological polar surface area (TPSA) is 74.6 Å². The van der Waals surface area contributed by atoms with Crippen LogP contribution in [0.2, 0.25) is 0 Å². The average Bonchev–Trinajstić information content (AvgIpc) is 2.67. The van der Waals surface area contributed by atoms with Crippen molar-refractivity contribution in [3.8, 4) is 0 Å². The van der Waals surface area contributed by atoms with E-state index < -0.39 is 11.9 Å². The van der Waals surface area contributed by atoms with Gasteiger partial charge in [-0.15, -0.1) is 0 Å². The normalized spacial score (nSPS) is 11.4. The summed E-state index contributed by atoms with van der Waals surface area (Å²) in [7, 11) is 0. The van der Waals surface area contributed by atoms with Crippen molar-refractivity contribution in [2.75, 3.05) is 0 Å². The summed E-state index contributed by atoms with van der Waals surface area (Å²) in [6.45, 7) is 8.62. The zero-order valence-electron chi connectivity index (χ0n) is 19.5. The van der Waals surface area contributed by atoms with Gasteiger partial charge in [0.1, 0.15) is 0 Å². The number of rotatable bonds is 16. The maximum atomic E-state index is 11.8. The van der Waals surface area contributed by atoms with Crippen LogP contribution in [0.1, 0.15) is 136 Å². The maximum Gasteiger partial charge on any atom is 0.336 e. The zero-order valence-corrected chi connectivity index (χ0v) is 19.5. The molecule has 0 spiro atoms. The number of carboxylic acid groups (broad SMARTS) is 2. The van der Waals surface area contributed by atoms with Gasteiger partial charge in [-0.2, -0.15) is 0 Å². The number of carbonyl (C=O) groups is 2. The number of aromatic carboxylic acids is 2. The van der Waals surface area contributed by atoms with Crippen LogP contribution in [0.5, 0.6) is 0 Å². The molecule has 170 valence electrons. The minimum absolute atomic E-state index is 0.0221. The van der Waals surface area contributed by atoms with Crippen molar-refractivity contribution < 1.29 is 19.8 Å². The Morgan fingerprint density at radius 1 is 0.733 bits per heavy atom. The van der Waals surface area contributed by atoms with Crippen LogP contribution >= 0.6 is 0 Å². The average molecular weight is 419 g/mol. The number of carboxylic acids is 2. The molecule has 30 heavy (non-hydrogen) atoms. The van der Waals surface area contributed by atoms with Gasteiger partial charge in [0.25, 0.3) is 0 Å². The van der Waals surface area contributed by atoms with Gasteiger partial charge in [-0.25, -0.2) is 9.59 Å². The van der Waals surface area contributed by atoms with E-state index in [-0.39, 0.29) is 17.0 Å². The van der Waals surface area contributed by atoms with Crippen molar-refractivity contribution in [1.29, 1.82) is 0 Å². The van der Waals surface area contributed by atoms with Crippen molar-refractivity contribution >= 4 is 11.9 Å². The molecule has 2 N–H and O–H groups in total. The molecule has 0 saturated carbocycles. The SMILES string of the molecule is CC(C)CCCCCCCCCCCCc1c(C(C)C)ccc(C(=O)O)c1C(=O)O. The van der Waals surface area contributed by atoms with E-state index in [0.29, 0.717) is 12.0 Å². The highest BCUT2D eigenvalue weighted by Crippen LogP contribution is 2.28. The van der Waals surface area contributed by atoms with Crippen LogP contribution in [0.25, 0.3) is 0 Å². The first-order valence-corrected chi connectivity index (χ1v) is 11.9. The fraction of sp³-hybridized carbons (Fsp3) is 0.692. The highest BCUT2D eigenvalue weighted by molar-refractivity contribution is 6.03. The van der Waals surface area contributed by atoms with Crippen molar-refractivity contribution in [3.05, 3.63) is 34.4 Å². The van der Waals surface area contributed by atoms with Crippen LogP contribution in [-0.4, -0.2) is 22.2 Å². The van der Waals surface area contributed by atoms with Gasteiger partial charge in [0, 0.05) is 0 Å². The van der Waals surface area contributed by atoms with E-state index in [0.717, 1.165) is 30.7 Å². The van der Waals surface area contributed by atoms with Crippen molar-refractivity contribution in [1.82, 2.24) is 0 Å². The van der Waals surface area contributed by atoms with Gasteiger partial charge < -0.3 is 10.2 Å². The molecule has 1 rings (SSSR count). The molecule has 0 aliphatic rings. The molecule has 0 radical (unpaired) electrons. The second-order valence-corrected chi connectivity index (χ2v) is 9.29. The number of hydrogen-bond donors (Lipinski definition) is 2. The zero-order chi connectivity index (χ0) is 22.5. The monoisotopic (exact) mass is 418 g/mol. The summed E-state index contributed by atoms with van der Waals surface area (Å²) in [5, 5.41) is 19.0. The summed E-state index contributed by atoms with van der Waals surface area (Å²) >= 11 is 0. The second-order valence-electron chi connectivity index (χ2n) is 9.29. The Morgan fingerprint density at radius 3 is 1.67 bits per heavy atom. The molecular formula is C26H42O4. The Hall–Kier alpha value is -1.84. The summed E-state index contributed by atoms with van der Waals surface area (Å²) in [5.41, 5.74) is 1.54. The van der Waals surface area contributed by atoms with E-state index >= 15 is 0 Å². The molecule has 4 nitrogen and oxygen atoms in total. The lowest BCUT2D eigenvalue weighted by molar-refractivity contribution is 0.0650. The Kier molecular flexibility index (Phi) is 12.4. The molecule has 0 amide bonds. The molecule has 1 aromatic carbocycles. The lowest BCUT2D eigenvalue weighted by atomic mass is 9.87. The molecule has 0 atom stereocenters. The van der Waals surface area contributed by atoms with Gasteiger partial charge in [-0.1, -0.05) is 98.0 Å². The van der Waals surface area contributed by atoms with Gasteiger partial charge in [-0.05, 0) is 41.9 Å². The molecule has 4 heteroatoms. The molecular weight excluding hydrogens is 376 g/mol. The highest BCUT2D eigenvalue weighted by atomic mass is 16.4. The third-order valence-corrected chi connectivity index (χ3v) is 5.87. The van der Waals surface area contributed by atoms with Gasteiger partial charge in [0.2, 0.25) is 0 Å². The van der Waals surface area contributed by atoms with Crippen LogP contribution in [0, 0.1) is 5.92 Å². The van der Waals surface area contributed by atoms with Crippen LogP contribution in [0.4, 0.5) is 0 Å². The first-order chi connectivity index (χ1) is 14.3. The lowest BCUT2D eigenvalue weighted by Crippen LogP contribution is -2.14. The van der Waals surface area contributed by atoms with E-state index in [9.17, 15) is 19.8 Å². The molecule has 0 fully saturated rings. The molecule has 0 bridgehead atoms. The summed E-state index contributed by atoms with van der Waals surface area (Å²) in [4.78, 5) is 23.3. The molecule has 0 heterocycles. The van der Waals surface area contributed by atoms with Crippen molar-refractivity contribution in [2.24, 2.45) is 5.92 Å². The highest BCUT2D eigenvalue weighted by Gasteiger charge is 2.23.